The predicted molar refractivity (Wildman–Crippen MR) is 57.6 cm³/mol. The minimum Gasteiger partial charge on any atom is -0.396 e. The fourth-order valence-electron chi connectivity index (χ4n) is 2.21. The molecule has 1 aliphatic rings. The third-order valence-electron chi connectivity index (χ3n) is 2.97. The number of hydrogen-bond donors (Lipinski definition) is 1. The first-order chi connectivity index (χ1) is 7.22. The van der Waals surface area contributed by atoms with Gasteiger partial charge in [0.05, 0.1) is 6.61 Å². The molecule has 0 aromatic carbocycles. The van der Waals surface area contributed by atoms with Crippen LogP contribution >= 0.6 is 0 Å². The van der Waals surface area contributed by atoms with Gasteiger partial charge in [0.2, 0.25) is 0 Å². The Morgan fingerprint density at radius 2 is 2.27 bits per heavy atom. The molecule has 4 nitrogen and oxygen atoms in total. The Kier molecular flexibility index (Phi) is 3.05. The second-order valence-corrected chi connectivity index (χ2v) is 4.75. The van der Waals surface area contributed by atoms with E-state index in [9.17, 15) is 5.11 Å². The number of rotatable bonds is 3. The lowest BCUT2D eigenvalue weighted by Gasteiger charge is -2.22. The van der Waals surface area contributed by atoms with E-state index in [1.54, 1.807) is 0 Å². The maximum Gasteiger partial charge on any atom is 0.138 e. The van der Waals surface area contributed by atoms with Gasteiger partial charge in [-0.1, -0.05) is 13.8 Å². The van der Waals surface area contributed by atoms with Gasteiger partial charge in [0.25, 0.3) is 0 Å². The Balaban J connectivity index is 2.25. The van der Waals surface area contributed by atoms with Gasteiger partial charge in [0.15, 0.2) is 0 Å². The fourth-order valence-corrected chi connectivity index (χ4v) is 2.21. The van der Waals surface area contributed by atoms with Crippen molar-refractivity contribution in [1.82, 2.24) is 14.8 Å². The van der Waals surface area contributed by atoms with Crippen molar-refractivity contribution in [3.63, 3.8) is 0 Å². The van der Waals surface area contributed by atoms with Crippen molar-refractivity contribution < 1.29 is 5.11 Å². The molecule has 1 atom stereocenters. The monoisotopic (exact) mass is 209 g/mol. The molecule has 15 heavy (non-hydrogen) atoms. The molecule has 1 N–H and O–H groups in total. The van der Waals surface area contributed by atoms with Crippen LogP contribution < -0.4 is 0 Å². The van der Waals surface area contributed by atoms with Crippen LogP contribution in [0.3, 0.4) is 0 Å². The van der Waals surface area contributed by atoms with E-state index >= 15 is 0 Å². The first-order valence-electron chi connectivity index (χ1n) is 5.75. The predicted octanol–water partition coefficient (Wildman–Crippen LogP) is 1.35. The summed E-state index contributed by atoms with van der Waals surface area (Å²) in [6.07, 6.45) is 3.14. The van der Waals surface area contributed by atoms with E-state index in [4.69, 9.17) is 0 Å². The highest BCUT2D eigenvalue weighted by Crippen LogP contribution is 2.26. The summed E-state index contributed by atoms with van der Waals surface area (Å²) in [5.74, 6) is 2.87. The van der Waals surface area contributed by atoms with E-state index in [-0.39, 0.29) is 12.5 Å². The Labute approximate surface area is 90.3 Å². The van der Waals surface area contributed by atoms with Crippen molar-refractivity contribution in [3.8, 4) is 0 Å². The summed E-state index contributed by atoms with van der Waals surface area (Å²) in [6, 6.07) is 0. The van der Waals surface area contributed by atoms with Gasteiger partial charge in [-0.2, -0.15) is 0 Å². The zero-order chi connectivity index (χ0) is 10.8. The normalized spacial score (nSPS) is 20.7. The van der Waals surface area contributed by atoms with E-state index in [2.05, 4.69) is 28.6 Å². The van der Waals surface area contributed by atoms with Crippen LogP contribution in [0.5, 0.6) is 0 Å². The minimum atomic E-state index is 0.194. The van der Waals surface area contributed by atoms with Gasteiger partial charge in [-0.25, -0.2) is 0 Å². The summed E-state index contributed by atoms with van der Waals surface area (Å²) in [6.45, 7) is 5.59. The Morgan fingerprint density at radius 1 is 1.47 bits per heavy atom. The molecule has 1 unspecified atom stereocenters. The van der Waals surface area contributed by atoms with Gasteiger partial charge in [0.1, 0.15) is 11.6 Å². The molecule has 0 spiro atoms. The standard InChI is InChI=1S/C11H19N3O/c1-8(2)6-10-12-13-11-9(7-15)4-3-5-14(10)11/h8-9,15H,3-7H2,1-2H3. The zero-order valence-corrected chi connectivity index (χ0v) is 9.48. The smallest absolute Gasteiger partial charge is 0.138 e. The topological polar surface area (TPSA) is 50.9 Å². The van der Waals surface area contributed by atoms with Crippen LogP contribution in [0.15, 0.2) is 0 Å². The van der Waals surface area contributed by atoms with Crippen molar-refractivity contribution in [2.75, 3.05) is 6.61 Å². The molecule has 1 aromatic heterocycles. The fraction of sp³-hybridized carbons (Fsp3) is 0.818. The average Bonchev–Trinajstić information content (AvgIpc) is 2.61. The second kappa shape index (κ2) is 4.31. The quantitative estimate of drug-likeness (QED) is 0.817. The Bertz CT molecular complexity index is 333. The highest BCUT2D eigenvalue weighted by atomic mass is 16.3. The molecule has 1 aliphatic heterocycles. The van der Waals surface area contributed by atoms with E-state index < -0.39 is 0 Å². The van der Waals surface area contributed by atoms with Gasteiger partial charge in [-0.15, -0.1) is 10.2 Å². The third kappa shape index (κ3) is 2.04. The lowest BCUT2D eigenvalue weighted by Crippen LogP contribution is -2.20. The maximum atomic E-state index is 9.25. The maximum absolute atomic E-state index is 9.25. The molecular formula is C11H19N3O. The van der Waals surface area contributed by atoms with Gasteiger partial charge in [0, 0.05) is 18.9 Å². The van der Waals surface area contributed by atoms with E-state index in [0.717, 1.165) is 37.5 Å². The first kappa shape index (κ1) is 10.6. The van der Waals surface area contributed by atoms with Gasteiger partial charge in [-0.05, 0) is 18.8 Å². The molecule has 0 saturated carbocycles. The van der Waals surface area contributed by atoms with Crippen LogP contribution in [-0.4, -0.2) is 26.5 Å². The Hall–Kier alpha value is -0.900. The van der Waals surface area contributed by atoms with Crippen molar-refractivity contribution >= 4 is 0 Å². The molecule has 4 heteroatoms. The number of hydrogen-bond acceptors (Lipinski definition) is 3. The number of aliphatic hydroxyl groups excluding tert-OH is 1. The van der Waals surface area contributed by atoms with E-state index in [1.165, 1.54) is 0 Å². The number of nitrogens with zero attached hydrogens (tertiary/aromatic N) is 3. The van der Waals surface area contributed by atoms with Crippen LogP contribution in [0.1, 0.15) is 44.3 Å². The summed E-state index contributed by atoms with van der Waals surface area (Å²) < 4.78 is 2.20. The molecule has 1 aromatic rings. The van der Waals surface area contributed by atoms with Crippen molar-refractivity contribution in [2.24, 2.45) is 5.92 Å². The summed E-state index contributed by atoms with van der Waals surface area (Å²) in [4.78, 5) is 0. The minimum absolute atomic E-state index is 0.194. The molecule has 0 amide bonds. The van der Waals surface area contributed by atoms with Gasteiger partial charge < -0.3 is 9.67 Å². The van der Waals surface area contributed by atoms with Gasteiger partial charge in [-0.3, -0.25) is 0 Å². The number of aromatic nitrogens is 3. The largest absolute Gasteiger partial charge is 0.396 e. The van der Waals surface area contributed by atoms with E-state index in [1.807, 2.05) is 0 Å². The van der Waals surface area contributed by atoms with Crippen LogP contribution in [-0.2, 0) is 13.0 Å². The summed E-state index contributed by atoms with van der Waals surface area (Å²) in [7, 11) is 0. The zero-order valence-electron chi connectivity index (χ0n) is 9.48. The number of aliphatic hydroxyl groups is 1. The van der Waals surface area contributed by atoms with Crippen LogP contribution in [0, 0.1) is 5.92 Å². The van der Waals surface area contributed by atoms with Crippen molar-refractivity contribution in [1.29, 1.82) is 0 Å². The van der Waals surface area contributed by atoms with Crippen LogP contribution in [0.4, 0.5) is 0 Å². The molecule has 84 valence electrons. The van der Waals surface area contributed by atoms with Gasteiger partial charge >= 0.3 is 0 Å². The van der Waals surface area contributed by atoms with Crippen molar-refractivity contribution in [3.05, 3.63) is 11.6 Å². The highest BCUT2D eigenvalue weighted by molar-refractivity contribution is 5.05. The SMILES string of the molecule is CC(C)Cc1nnc2n1CCCC2CO. The second-order valence-electron chi connectivity index (χ2n) is 4.75. The molecule has 0 aliphatic carbocycles. The molecule has 0 fully saturated rings. The van der Waals surface area contributed by atoms with E-state index in [0.29, 0.717) is 5.92 Å². The first-order valence-corrected chi connectivity index (χ1v) is 5.75. The molecule has 0 radical (unpaired) electrons. The van der Waals surface area contributed by atoms with Crippen LogP contribution in [0.2, 0.25) is 0 Å². The molecular weight excluding hydrogens is 190 g/mol. The third-order valence-corrected chi connectivity index (χ3v) is 2.97. The Morgan fingerprint density at radius 3 is 2.93 bits per heavy atom. The lowest BCUT2D eigenvalue weighted by atomic mass is 9.99. The summed E-state index contributed by atoms with van der Waals surface area (Å²) >= 11 is 0. The lowest BCUT2D eigenvalue weighted by molar-refractivity contribution is 0.237. The molecule has 0 saturated heterocycles. The highest BCUT2D eigenvalue weighted by Gasteiger charge is 2.24. The molecule has 2 heterocycles. The average molecular weight is 209 g/mol. The molecule has 2 rings (SSSR count). The summed E-state index contributed by atoms with van der Waals surface area (Å²) in [5, 5.41) is 17.7. The van der Waals surface area contributed by atoms with Crippen molar-refractivity contribution in [2.45, 2.75) is 45.6 Å². The number of fused-ring (bicyclic) bond motifs is 1. The molecule has 0 bridgehead atoms. The summed E-state index contributed by atoms with van der Waals surface area (Å²) in [5.41, 5.74) is 0. The van der Waals surface area contributed by atoms with Crippen LogP contribution in [0.25, 0.3) is 0 Å².